The monoisotopic (exact) mass is 231 g/mol. The Hall–Kier alpha value is 0.883. The molecule has 0 heterocycles. The summed E-state index contributed by atoms with van der Waals surface area (Å²) in [7, 11) is 0. The van der Waals surface area contributed by atoms with Crippen molar-refractivity contribution < 1.29 is 24.7 Å². The van der Waals surface area contributed by atoms with Crippen LogP contribution in [0.25, 0.3) is 0 Å². The Morgan fingerprint density at radius 3 is 1.64 bits per heavy atom. The van der Waals surface area contributed by atoms with Crippen molar-refractivity contribution in [2.45, 2.75) is 62.4 Å². The van der Waals surface area contributed by atoms with Crippen LogP contribution in [0.3, 0.4) is 0 Å². The first-order valence-corrected chi connectivity index (χ1v) is 6.80. The third-order valence-electron chi connectivity index (χ3n) is 2.03. The van der Waals surface area contributed by atoms with Gasteiger partial charge in [-0.05, 0) is 0 Å². The van der Waals surface area contributed by atoms with Gasteiger partial charge in [0.15, 0.2) is 0 Å². The first-order chi connectivity index (χ1) is 5.41. The van der Waals surface area contributed by atoms with E-state index >= 15 is 0 Å². The second kappa shape index (κ2) is 10.9. The van der Waals surface area contributed by atoms with Gasteiger partial charge in [-0.3, -0.25) is 0 Å². The van der Waals surface area contributed by atoms with E-state index in [0.29, 0.717) is 0 Å². The summed E-state index contributed by atoms with van der Waals surface area (Å²) in [6.45, 7) is 2.28. The maximum absolute atomic E-state index is 2.28. The molecule has 0 bridgehead atoms. The minimum atomic E-state index is 1.37. The van der Waals surface area contributed by atoms with Gasteiger partial charge in [-0.2, -0.15) is 0 Å². The van der Waals surface area contributed by atoms with Crippen molar-refractivity contribution in [3.8, 4) is 0 Å². The molecule has 0 aromatic carbocycles. The topological polar surface area (TPSA) is 0 Å². The van der Waals surface area contributed by atoms with Crippen molar-refractivity contribution in [2.24, 2.45) is 0 Å². The molecule has 0 spiro atoms. The SMILES string of the molecule is CCCCCCCCC[CH2][Zr]. The molecule has 0 aliphatic rings. The van der Waals surface area contributed by atoms with Crippen LogP contribution in [0, 0.1) is 0 Å². The Bertz CT molecular complexity index is 53.9. The quantitative estimate of drug-likeness (QED) is 0.553. The summed E-state index contributed by atoms with van der Waals surface area (Å²) in [5.41, 5.74) is 0. The van der Waals surface area contributed by atoms with E-state index in [1.165, 1.54) is 55.5 Å². The number of unbranched alkanes of at least 4 members (excludes halogenated alkanes) is 7. The molecule has 0 unspecified atom stereocenters. The molecule has 0 atom stereocenters. The Morgan fingerprint density at radius 1 is 0.727 bits per heavy atom. The molecular weight excluding hydrogens is 211 g/mol. The van der Waals surface area contributed by atoms with Crippen LogP contribution in [0.1, 0.15) is 58.3 Å². The van der Waals surface area contributed by atoms with Crippen molar-refractivity contribution in [2.75, 3.05) is 0 Å². The molecule has 0 aliphatic heterocycles. The van der Waals surface area contributed by atoms with E-state index in [4.69, 9.17) is 0 Å². The number of hydrogen-bond acceptors (Lipinski definition) is 0. The molecule has 0 nitrogen and oxygen atoms in total. The Labute approximate surface area is 87.0 Å². The zero-order valence-corrected chi connectivity index (χ0v) is 10.3. The van der Waals surface area contributed by atoms with Gasteiger partial charge in [-0.15, -0.1) is 0 Å². The van der Waals surface area contributed by atoms with Crippen LogP contribution < -0.4 is 0 Å². The van der Waals surface area contributed by atoms with Gasteiger partial charge in [0.05, 0.1) is 0 Å². The van der Waals surface area contributed by atoms with E-state index < -0.39 is 0 Å². The van der Waals surface area contributed by atoms with Gasteiger partial charge in [-0.25, -0.2) is 0 Å². The standard InChI is InChI=1S/C10H21.Zr/c1-3-5-7-9-10-8-6-4-2;/h1,3-10H2,2H3;. The summed E-state index contributed by atoms with van der Waals surface area (Å²) in [4.78, 5) is 0. The average Bonchev–Trinajstić information content (AvgIpc) is 2.03. The number of hydrogen-bond donors (Lipinski definition) is 0. The van der Waals surface area contributed by atoms with E-state index in [-0.39, 0.29) is 0 Å². The molecular formula is C10H21Zr. The van der Waals surface area contributed by atoms with Gasteiger partial charge in [0, 0.05) is 0 Å². The molecule has 0 amide bonds. The fraction of sp³-hybridized carbons (Fsp3) is 1.00. The molecule has 1 heteroatoms. The molecule has 11 heavy (non-hydrogen) atoms. The van der Waals surface area contributed by atoms with Crippen LogP contribution in [0.15, 0.2) is 0 Å². The van der Waals surface area contributed by atoms with Crippen LogP contribution >= 0.6 is 0 Å². The van der Waals surface area contributed by atoms with Gasteiger partial charge < -0.3 is 0 Å². The first-order valence-electron chi connectivity index (χ1n) is 5.06. The fourth-order valence-electron chi connectivity index (χ4n) is 1.26. The molecule has 0 radical (unpaired) electrons. The Kier molecular flexibility index (Phi) is 11.8. The summed E-state index contributed by atoms with van der Waals surface area (Å²) >= 11 is 1.71. The van der Waals surface area contributed by atoms with Gasteiger partial charge >= 0.3 is 87.1 Å². The van der Waals surface area contributed by atoms with E-state index in [1.54, 1.807) is 24.7 Å². The molecule has 65 valence electrons. The maximum atomic E-state index is 2.28. The summed E-state index contributed by atoms with van der Waals surface area (Å²) in [6, 6.07) is 0. The molecule has 0 fully saturated rings. The van der Waals surface area contributed by atoms with Gasteiger partial charge in [0.2, 0.25) is 0 Å². The summed E-state index contributed by atoms with van der Waals surface area (Å²) in [5.74, 6) is 0. The summed E-state index contributed by atoms with van der Waals surface area (Å²) < 4.78 is 1.46. The molecule has 0 rings (SSSR count). The number of rotatable bonds is 8. The second-order valence-electron chi connectivity index (χ2n) is 3.22. The molecule has 0 N–H and O–H groups in total. The molecule has 0 aromatic rings. The van der Waals surface area contributed by atoms with Crippen molar-refractivity contribution in [3.05, 3.63) is 0 Å². The third kappa shape index (κ3) is 10.9. The van der Waals surface area contributed by atoms with Crippen molar-refractivity contribution in [1.82, 2.24) is 0 Å². The van der Waals surface area contributed by atoms with E-state index in [2.05, 4.69) is 6.92 Å². The molecule has 0 aromatic heterocycles. The van der Waals surface area contributed by atoms with Gasteiger partial charge in [0.25, 0.3) is 0 Å². The molecule has 0 saturated carbocycles. The normalized spacial score (nSPS) is 10.2. The second-order valence-corrected chi connectivity index (χ2v) is 4.45. The predicted molar refractivity (Wildman–Crippen MR) is 47.4 cm³/mol. The van der Waals surface area contributed by atoms with Crippen molar-refractivity contribution in [1.29, 1.82) is 0 Å². The van der Waals surface area contributed by atoms with Crippen LogP contribution in [0.2, 0.25) is 4.13 Å². The van der Waals surface area contributed by atoms with E-state index in [0.717, 1.165) is 0 Å². The fourth-order valence-corrected chi connectivity index (χ4v) is 1.87. The Morgan fingerprint density at radius 2 is 1.18 bits per heavy atom. The zero-order chi connectivity index (χ0) is 8.36. The van der Waals surface area contributed by atoms with Crippen LogP contribution in [-0.2, 0) is 24.7 Å². The zero-order valence-electron chi connectivity index (χ0n) is 7.86. The predicted octanol–water partition coefficient (Wildman–Crippen LogP) is 4.09. The van der Waals surface area contributed by atoms with E-state index in [9.17, 15) is 0 Å². The van der Waals surface area contributed by atoms with Crippen LogP contribution in [0.5, 0.6) is 0 Å². The van der Waals surface area contributed by atoms with Crippen LogP contribution in [-0.4, -0.2) is 0 Å². The van der Waals surface area contributed by atoms with E-state index in [1.807, 2.05) is 0 Å². The van der Waals surface area contributed by atoms with Gasteiger partial charge in [-0.1, -0.05) is 0 Å². The summed E-state index contributed by atoms with van der Waals surface area (Å²) in [6.07, 6.45) is 11.7. The molecule has 0 aliphatic carbocycles. The Balaban J connectivity index is 2.69. The first kappa shape index (κ1) is 11.9. The van der Waals surface area contributed by atoms with Crippen molar-refractivity contribution in [3.63, 3.8) is 0 Å². The summed E-state index contributed by atoms with van der Waals surface area (Å²) in [5, 5.41) is 0. The van der Waals surface area contributed by atoms with Gasteiger partial charge in [0.1, 0.15) is 0 Å². The van der Waals surface area contributed by atoms with Crippen molar-refractivity contribution >= 4 is 0 Å². The molecule has 0 saturated heterocycles. The van der Waals surface area contributed by atoms with Crippen LogP contribution in [0.4, 0.5) is 0 Å². The average molecular weight is 233 g/mol. The minimum absolute atomic E-state index is 1.37. The third-order valence-corrected chi connectivity index (χ3v) is 2.90.